The van der Waals surface area contributed by atoms with Crippen molar-refractivity contribution in [2.75, 3.05) is 11.9 Å². The number of aryl methyl sites for hydroxylation is 1. The van der Waals surface area contributed by atoms with E-state index in [0.717, 1.165) is 24.4 Å². The molecule has 2 rings (SSSR count). The highest BCUT2D eigenvalue weighted by molar-refractivity contribution is 5.51. The molecule has 0 aliphatic carbocycles. The van der Waals surface area contributed by atoms with Crippen LogP contribution in [0, 0.1) is 6.92 Å². The number of pyridine rings is 1. The third-order valence-corrected chi connectivity index (χ3v) is 2.18. The molecule has 0 unspecified atom stereocenters. The lowest BCUT2D eigenvalue weighted by atomic mass is 10.3. The summed E-state index contributed by atoms with van der Waals surface area (Å²) in [5.41, 5.74) is 2.05. The van der Waals surface area contributed by atoms with Crippen LogP contribution in [0.5, 0.6) is 0 Å². The van der Waals surface area contributed by atoms with Crippen molar-refractivity contribution in [2.45, 2.75) is 13.3 Å². The minimum atomic E-state index is 0.863. The van der Waals surface area contributed by atoms with Crippen molar-refractivity contribution < 1.29 is 0 Å². The van der Waals surface area contributed by atoms with Crippen LogP contribution in [0.4, 0.5) is 5.82 Å². The van der Waals surface area contributed by atoms with Crippen LogP contribution in [0.2, 0.25) is 0 Å². The van der Waals surface area contributed by atoms with Crippen LogP contribution in [-0.4, -0.2) is 21.1 Å². The normalized spacial score (nSPS) is 10.5. The van der Waals surface area contributed by atoms with E-state index in [1.807, 2.05) is 19.1 Å². The number of nitrogens with zero attached hydrogens (tertiary/aromatic N) is 3. The summed E-state index contributed by atoms with van der Waals surface area (Å²) in [5.74, 6) is 0.976. The highest BCUT2D eigenvalue weighted by Crippen LogP contribution is 2.12. The van der Waals surface area contributed by atoms with E-state index in [1.54, 1.807) is 10.8 Å². The molecular weight excluding hydrogens is 188 g/mol. The zero-order chi connectivity index (χ0) is 10.7. The number of hydrogen-bond acceptors (Lipinski definition) is 3. The average molecular weight is 202 g/mol. The second-order valence-corrected chi connectivity index (χ2v) is 3.45. The van der Waals surface area contributed by atoms with E-state index in [0.29, 0.717) is 0 Å². The van der Waals surface area contributed by atoms with Gasteiger partial charge in [0, 0.05) is 6.54 Å². The Bertz CT molecular complexity index is 472. The van der Waals surface area contributed by atoms with E-state index in [4.69, 9.17) is 0 Å². The molecule has 0 aliphatic heterocycles. The Hall–Kier alpha value is -1.84. The monoisotopic (exact) mass is 202 g/mol. The summed E-state index contributed by atoms with van der Waals surface area (Å²) in [6.07, 6.45) is 4.39. The first-order valence-electron chi connectivity index (χ1n) is 4.96. The third-order valence-electron chi connectivity index (χ3n) is 2.18. The molecule has 0 amide bonds. The summed E-state index contributed by atoms with van der Waals surface area (Å²) >= 11 is 0. The molecule has 4 heteroatoms. The topological polar surface area (TPSA) is 42.2 Å². The van der Waals surface area contributed by atoms with Gasteiger partial charge in [-0.05, 0) is 31.0 Å². The first-order valence-corrected chi connectivity index (χ1v) is 4.96. The lowest BCUT2D eigenvalue weighted by Crippen LogP contribution is -2.06. The molecule has 15 heavy (non-hydrogen) atoms. The molecule has 2 aromatic rings. The van der Waals surface area contributed by atoms with Gasteiger partial charge in [-0.3, -0.25) is 0 Å². The van der Waals surface area contributed by atoms with E-state index in [2.05, 4.69) is 28.0 Å². The maximum atomic E-state index is 4.16. The molecule has 78 valence electrons. The summed E-state index contributed by atoms with van der Waals surface area (Å²) in [6, 6.07) is 4.07. The maximum absolute atomic E-state index is 4.16. The fourth-order valence-corrected chi connectivity index (χ4v) is 1.48. The van der Waals surface area contributed by atoms with E-state index in [1.165, 1.54) is 5.56 Å². The second-order valence-electron chi connectivity index (χ2n) is 3.45. The van der Waals surface area contributed by atoms with Crippen LogP contribution in [0.3, 0.4) is 0 Å². The van der Waals surface area contributed by atoms with E-state index in [-0.39, 0.29) is 0 Å². The first kappa shape index (κ1) is 9.71. The Kier molecular flexibility index (Phi) is 2.67. The summed E-state index contributed by atoms with van der Waals surface area (Å²) < 4.78 is 1.80. The number of rotatable bonds is 4. The second kappa shape index (κ2) is 4.13. The predicted molar refractivity (Wildman–Crippen MR) is 61.0 cm³/mol. The third kappa shape index (κ3) is 1.98. The van der Waals surface area contributed by atoms with Crippen LogP contribution < -0.4 is 5.32 Å². The Morgan fingerprint density at radius 1 is 1.53 bits per heavy atom. The van der Waals surface area contributed by atoms with E-state index < -0.39 is 0 Å². The summed E-state index contributed by atoms with van der Waals surface area (Å²) in [6.45, 7) is 6.60. The number of anilines is 1. The Labute approximate surface area is 88.6 Å². The highest BCUT2D eigenvalue weighted by atomic mass is 15.3. The van der Waals surface area contributed by atoms with Gasteiger partial charge in [-0.25, -0.2) is 4.98 Å². The Morgan fingerprint density at radius 2 is 2.40 bits per heavy atom. The number of aromatic nitrogens is 3. The van der Waals surface area contributed by atoms with Crippen molar-refractivity contribution >= 4 is 11.5 Å². The summed E-state index contributed by atoms with van der Waals surface area (Å²) in [4.78, 5) is 4.16. The quantitative estimate of drug-likeness (QED) is 0.609. The fourth-order valence-electron chi connectivity index (χ4n) is 1.48. The van der Waals surface area contributed by atoms with Crippen LogP contribution in [-0.2, 0) is 0 Å². The molecule has 0 atom stereocenters. The molecule has 0 spiro atoms. The minimum Gasteiger partial charge on any atom is -0.370 e. The minimum absolute atomic E-state index is 0.863. The molecule has 0 saturated carbocycles. The van der Waals surface area contributed by atoms with Gasteiger partial charge in [0.25, 0.3) is 0 Å². The molecule has 0 aromatic carbocycles. The number of hydrogen-bond donors (Lipinski definition) is 1. The van der Waals surface area contributed by atoms with Crippen molar-refractivity contribution in [1.29, 1.82) is 0 Å². The first-order chi connectivity index (χ1) is 7.31. The molecule has 2 aromatic heterocycles. The van der Waals surface area contributed by atoms with Crippen LogP contribution in [0.25, 0.3) is 5.65 Å². The molecule has 1 N–H and O–H groups in total. The molecule has 0 radical (unpaired) electrons. The van der Waals surface area contributed by atoms with E-state index in [9.17, 15) is 0 Å². The molecule has 2 heterocycles. The zero-order valence-corrected chi connectivity index (χ0v) is 8.77. The van der Waals surface area contributed by atoms with Gasteiger partial charge < -0.3 is 5.32 Å². The van der Waals surface area contributed by atoms with Crippen molar-refractivity contribution in [2.24, 2.45) is 0 Å². The van der Waals surface area contributed by atoms with Gasteiger partial charge in [-0.2, -0.15) is 9.61 Å². The Balaban J connectivity index is 2.31. The smallest absolute Gasteiger partial charge is 0.157 e. The molecule has 0 aliphatic rings. The van der Waals surface area contributed by atoms with Crippen molar-refractivity contribution in [1.82, 2.24) is 14.6 Å². The summed E-state index contributed by atoms with van der Waals surface area (Å²) in [5, 5.41) is 7.46. The Morgan fingerprint density at radius 3 is 3.20 bits per heavy atom. The molecule has 0 fully saturated rings. The molecule has 0 bridgehead atoms. The largest absolute Gasteiger partial charge is 0.370 e. The van der Waals surface area contributed by atoms with Gasteiger partial charge in [0.05, 0.1) is 0 Å². The number of nitrogens with one attached hydrogen (secondary N) is 1. The van der Waals surface area contributed by atoms with Gasteiger partial charge in [-0.15, -0.1) is 6.58 Å². The molecule has 0 saturated heterocycles. The highest BCUT2D eigenvalue weighted by Gasteiger charge is 2.02. The van der Waals surface area contributed by atoms with E-state index >= 15 is 0 Å². The van der Waals surface area contributed by atoms with Gasteiger partial charge in [0.15, 0.2) is 5.65 Å². The van der Waals surface area contributed by atoms with Crippen molar-refractivity contribution in [3.05, 3.63) is 36.7 Å². The lowest BCUT2D eigenvalue weighted by Gasteiger charge is -2.07. The average Bonchev–Trinajstić information content (AvgIpc) is 2.65. The lowest BCUT2D eigenvalue weighted by molar-refractivity contribution is 0.934. The van der Waals surface area contributed by atoms with Gasteiger partial charge >= 0.3 is 0 Å². The van der Waals surface area contributed by atoms with Crippen molar-refractivity contribution in [3.8, 4) is 0 Å². The van der Waals surface area contributed by atoms with Crippen LogP contribution in [0.1, 0.15) is 12.0 Å². The standard InChI is InChI=1S/C11H14N4/c1-3-4-5-12-10-6-9(2)7-11-13-8-14-15(10)11/h3,6-8,12H,1,4-5H2,2H3. The summed E-state index contributed by atoms with van der Waals surface area (Å²) in [7, 11) is 0. The number of fused-ring (bicyclic) bond motifs is 1. The molecular formula is C11H14N4. The zero-order valence-electron chi connectivity index (χ0n) is 8.77. The van der Waals surface area contributed by atoms with Gasteiger partial charge in [-0.1, -0.05) is 6.08 Å². The fraction of sp³-hybridized carbons (Fsp3) is 0.273. The predicted octanol–water partition coefficient (Wildman–Crippen LogP) is 2.03. The van der Waals surface area contributed by atoms with Crippen molar-refractivity contribution in [3.63, 3.8) is 0 Å². The van der Waals surface area contributed by atoms with Crippen LogP contribution in [0.15, 0.2) is 31.1 Å². The SMILES string of the molecule is C=CCCNc1cc(C)cc2ncnn12. The maximum Gasteiger partial charge on any atom is 0.157 e. The van der Waals surface area contributed by atoms with Crippen LogP contribution >= 0.6 is 0 Å². The van der Waals surface area contributed by atoms with Gasteiger partial charge in [0.2, 0.25) is 0 Å². The molecule has 4 nitrogen and oxygen atoms in total. The van der Waals surface area contributed by atoms with Gasteiger partial charge in [0.1, 0.15) is 12.1 Å².